The summed E-state index contributed by atoms with van der Waals surface area (Å²) < 4.78 is 5.21. The largest absolute Gasteiger partial charge is 0.466 e. The monoisotopic (exact) mass is 389 g/mol. The van der Waals surface area contributed by atoms with Crippen LogP contribution >= 0.6 is 7.26 Å². The molecular formula is C25H26O2P+. The molecule has 0 bridgehead atoms. The Morgan fingerprint density at radius 3 is 1.57 bits per heavy atom. The molecule has 0 aromatic heterocycles. The van der Waals surface area contributed by atoms with E-state index in [9.17, 15) is 4.79 Å². The predicted molar refractivity (Wildman–Crippen MR) is 120 cm³/mol. The summed E-state index contributed by atoms with van der Waals surface area (Å²) >= 11 is 0. The Bertz CT molecular complexity index is 808. The number of benzene rings is 3. The minimum Gasteiger partial charge on any atom is -0.466 e. The van der Waals surface area contributed by atoms with Crippen LogP contribution < -0.4 is 15.9 Å². The molecule has 0 spiro atoms. The highest BCUT2D eigenvalue weighted by molar-refractivity contribution is 7.98. The molecule has 0 aliphatic heterocycles. The first-order valence-electron chi connectivity index (χ1n) is 9.60. The van der Waals surface area contributed by atoms with Crippen molar-refractivity contribution in [3.8, 4) is 0 Å². The Balaban J connectivity index is 2.21. The molecule has 0 amide bonds. The fraction of sp³-hybridized carbons (Fsp3) is 0.160. The van der Waals surface area contributed by atoms with Crippen molar-refractivity contribution in [1.29, 1.82) is 0 Å². The molecule has 3 rings (SSSR count). The van der Waals surface area contributed by atoms with Crippen LogP contribution in [0.3, 0.4) is 0 Å². The van der Waals surface area contributed by atoms with E-state index in [4.69, 9.17) is 4.74 Å². The lowest BCUT2D eigenvalue weighted by Gasteiger charge is -2.24. The zero-order valence-electron chi connectivity index (χ0n) is 16.4. The average Bonchev–Trinajstić information content (AvgIpc) is 2.76. The maximum atomic E-state index is 12.2. The number of esters is 1. The molecule has 0 heterocycles. The highest BCUT2D eigenvalue weighted by Crippen LogP contribution is 2.57. The maximum Gasteiger partial charge on any atom is 0.312 e. The molecule has 0 aliphatic rings. The average molecular weight is 389 g/mol. The van der Waals surface area contributed by atoms with Crippen LogP contribution in [0, 0.1) is 5.92 Å². The maximum absolute atomic E-state index is 12.2. The standard InChI is InChI=1S/C25H26O2P/c1-3-27-25(26)21(2)19-20-28(22-13-7-4-8-14-22,23-15-9-5-10-16-23)24-17-11-6-12-18-24/h4-21H,3H2,1-2H3/q+1. The van der Waals surface area contributed by atoms with E-state index in [2.05, 4.69) is 78.6 Å². The van der Waals surface area contributed by atoms with Gasteiger partial charge in [-0.2, -0.15) is 0 Å². The van der Waals surface area contributed by atoms with Gasteiger partial charge in [-0.25, -0.2) is 0 Å². The van der Waals surface area contributed by atoms with E-state index >= 15 is 0 Å². The lowest BCUT2D eigenvalue weighted by atomic mass is 10.2. The van der Waals surface area contributed by atoms with Gasteiger partial charge >= 0.3 is 5.97 Å². The highest BCUT2D eigenvalue weighted by Gasteiger charge is 2.43. The molecule has 0 radical (unpaired) electrons. The molecule has 3 aromatic rings. The van der Waals surface area contributed by atoms with Gasteiger partial charge in [0, 0.05) is 0 Å². The highest BCUT2D eigenvalue weighted by atomic mass is 31.2. The summed E-state index contributed by atoms with van der Waals surface area (Å²) in [6.45, 7) is 4.13. The number of carbonyl (C=O) groups excluding carboxylic acids is 1. The van der Waals surface area contributed by atoms with Crippen LogP contribution in [0.2, 0.25) is 0 Å². The van der Waals surface area contributed by atoms with Crippen molar-refractivity contribution < 1.29 is 9.53 Å². The third-order valence-corrected chi connectivity index (χ3v) is 8.70. The summed E-state index contributed by atoms with van der Waals surface area (Å²) in [5.41, 5.74) is 0. The molecular weight excluding hydrogens is 363 g/mol. The Morgan fingerprint density at radius 1 is 0.821 bits per heavy atom. The van der Waals surface area contributed by atoms with Crippen molar-refractivity contribution in [2.75, 3.05) is 6.61 Å². The molecule has 0 N–H and O–H groups in total. The molecule has 0 saturated heterocycles. The van der Waals surface area contributed by atoms with Crippen molar-refractivity contribution in [1.82, 2.24) is 0 Å². The van der Waals surface area contributed by atoms with Gasteiger partial charge in [-0.05, 0) is 56.3 Å². The molecule has 3 aromatic carbocycles. The first-order chi connectivity index (χ1) is 13.7. The van der Waals surface area contributed by atoms with Gasteiger partial charge in [0.2, 0.25) is 0 Å². The zero-order valence-corrected chi connectivity index (χ0v) is 17.3. The number of carbonyl (C=O) groups is 1. The van der Waals surface area contributed by atoms with E-state index in [0.29, 0.717) is 6.61 Å². The normalized spacial score (nSPS) is 12.6. The summed E-state index contributed by atoms with van der Waals surface area (Å²) in [4.78, 5) is 12.2. The van der Waals surface area contributed by atoms with Gasteiger partial charge in [-0.1, -0.05) is 54.6 Å². The summed E-state index contributed by atoms with van der Waals surface area (Å²) in [5.74, 6) is 1.77. The molecule has 0 saturated carbocycles. The third-order valence-electron chi connectivity index (χ3n) is 4.75. The first-order valence-corrected chi connectivity index (χ1v) is 11.5. The van der Waals surface area contributed by atoms with Crippen LogP contribution in [-0.2, 0) is 9.53 Å². The molecule has 2 nitrogen and oxygen atoms in total. The van der Waals surface area contributed by atoms with E-state index in [1.165, 1.54) is 15.9 Å². The summed E-state index contributed by atoms with van der Waals surface area (Å²) in [6, 6.07) is 31.7. The second-order valence-corrected chi connectivity index (χ2v) is 9.90. The Kier molecular flexibility index (Phi) is 6.79. The molecule has 0 aliphatic carbocycles. The number of hydrogen-bond acceptors (Lipinski definition) is 2. The lowest BCUT2D eigenvalue weighted by molar-refractivity contribution is -0.145. The van der Waals surface area contributed by atoms with E-state index in [1.54, 1.807) is 0 Å². The number of hydrogen-bond donors (Lipinski definition) is 0. The second kappa shape index (κ2) is 9.48. The van der Waals surface area contributed by atoms with Crippen LogP contribution in [0.15, 0.2) is 103 Å². The quantitative estimate of drug-likeness (QED) is 0.433. The predicted octanol–water partition coefficient (Wildman–Crippen LogP) is 4.69. The van der Waals surface area contributed by atoms with Gasteiger partial charge in [0.15, 0.2) is 0 Å². The van der Waals surface area contributed by atoms with Gasteiger partial charge in [-0.15, -0.1) is 0 Å². The number of ether oxygens (including phenoxy) is 1. The molecule has 0 fully saturated rings. The summed E-state index contributed by atoms with van der Waals surface area (Å²) in [6.07, 6.45) is 2.01. The van der Waals surface area contributed by atoms with Gasteiger partial charge < -0.3 is 4.74 Å². The Labute approximate surface area is 168 Å². The van der Waals surface area contributed by atoms with Gasteiger partial charge in [-0.3, -0.25) is 4.79 Å². The summed E-state index contributed by atoms with van der Waals surface area (Å²) in [5, 5.41) is 3.79. The fourth-order valence-corrected chi connectivity index (χ4v) is 7.16. The topological polar surface area (TPSA) is 26.3 Å². The van der Waals surface area contributed by atoms with Crippen LogP contribution in [0.4, 0.5) is 0 Å². The molecule has 142 valence electrons. The van der Waals surface area contributed by atoms with Crippen LogP contribution in [0.5, 0.6) is 0 Å². The van der Waals surface area contributed by atoms with E-state index in [1.807, 2.05) is 38.1 Å². The molecule has 1 atom stereocenters. The van der Waals surface area contributed by atoms with E-state index in [0.717, 1.165) is 0 Å². The van der Waals surface area contributed by atoms with E-state index in [-0.39, 0.29) is 11.9 Å². The SMILES string of the molecule is CCOC(=O)C(C)C=C[P+](c1ccccc1)(c1ccccc1)c1ccccc1. The van der Waals surface area contributed by atoms with Crippen molar-refractivity contribution in [2.45, 2.75) is 13.8 Å². The van der Waals surface area contributed by atoms with Crippen molar-refractivity contribution >= 4 is 29.1 Å². The fourth-order valence-electron chi connectivity index (χ4n) is 3.31. The summed E-state index contributed by atoms with van der Waals surface area (Å²) in [7, 11) is -2.05. The van der Waals surface area contributed by atoms with Gasteiger partial charge in [0.1, 0.15) is 23.2 Å². The minimum atomic E-state index is -2.05. The van der Waals surface area contributed by atoms with Gasteiger partial charge in [0.05, 0.1) is 18.3 Å². The van der Waals surface area contributed by atoms with Crippen LogP contribution in [0.25, 0.3) is 0 Å². The molecule has 28 heavy (non-hydrogen) atoms. The van der Waals surface area contributed by atoms with E-state index < -0.39 is 7.26 Å². The van der Waals surface area contributed by atoms with Crippen molar-refractivity contribution in [3.63, 3.8) is 0 Å². The zero-order chi connectivity index (χ0) is 19.8. The van der Waals surface area contributed by atoms with Crippen molar-refractivity contribution in [2.24, 2.45) is 5.92 Å². The number of rotatable bonds is 7. The second-order valence-electron chi connectivity index (χ2n) is 6.61. The lowest BCUT2D eigenvalue weighted by Crippen LogP contribution is -2.29. The molecule has 1 unspecified atom stereocenters. The third kappa shape index (κ3) is 4.24. The van der Waals surface area contributed by atoms with Gasteiger partial charge in [0.25, 0.3) is 0 Å². The van der Waals surface area contributed by atoms with Crippen molar-refractivity contribution in [3.05, 3.63) is 103 Å². The minimum absolute atomic E-state index is 0.189. The Morgan fingerprint density at radius 2 is 1.21 bits per heavy atom. The Hall–Kier alpha value is -2.70. The molecule has 3 heteroatoms. The smallest absolute Gasteiger partial charge is 0.312 e. The van der Waals surface area contributed by atoms with Crippen LogP contribution in [-0.4, -0.2) is 12.6 Å². The first kappa shape index (κ1) is 20.0. The van der Waals surface area contributed by atoms with Crippen LogP contribution in [0.1, 0.15) is 13.8 Å².